The molecule has 1 aliphatic rings. The molecule has 0 unspecified atom stereocenters. The third-order valence-corrected chi connectivity index (χ3v) is 2.88. The predicted molar refractivity (Wildman–Crippen MR) is 52.6 cm³/mol. The molecule has 1 aromatic rings. The van der Waals surface area contributed by atoms with E-state index in [1.54, 1.807) is 0 Å². The molecule has 0 spiro atoms. The van der Waals surface area contributed by atoms with Crippen LogP contribution in [0.4, 0.5) is 8.78 Å². The average Bonchev–Trinajstić information content (AvgIpc) is 2.53. The van der Waals surface area contributed by atoms with E-state index in [9.17, 15) is 8.78 Å². The van der Waals surface area contributed by atoms with E-state index in [1.807, 2.05) is 24.6 Å². The van der Waals surface area contributed by atoms with Gasteiger partial charge in [0.1, 0.15) is 0 Å². The lowest BCUT2D eigenvalue weighted by Crippen LogP contribution is -2.24. The monoisotopic (exact) mass is 204 g/mol. The lowest BCUT2D eigenvalue weighted by Gasteiger charge is -2.21. The first kappa shape index (κ1) is 10.6. The topological polar surface area (TPSA) is 0 Å². The standard InChI is InChI=1S/C8H8F2S.C2H6/c9-8(10)2-1-6-4-11-5-7(6)3-8;1-2/h4-5H,1-3H2;1-2H3. The zero-order valence-corrected chi connectivity index (χ0v) is 8.76. The summed E-state index contributed by atoms with van der Waals surface area (Å²) in [6.45, 7) is 4.00. The van der Waals surface area contributed by atoms with Crippen LogP contribution < -0.4 is 0 Å². The highest BCUT2D eigenvalue weighted by atomic mass is 32.1. The van der Waals surface area contributed by atoms with E-state index >= 15 is 0 Å². The van der Waals surface area contributed by atoms with Crippen LogP contribution in [0.25, 0.3) is 0 Å². The van der Waals surface area contributed by atoms with Gasteiger partial charge in [0.15, 0.2) is 0 Å². The van der Waals surface area contributed by atoms with Gasteiger partial charge in [0.2, 0.25) is 0 Å². The summed E-state index contributed by atoms with van der Waals surface area (Å²) in [5, 5.41) is 3.81. The van der Waals surface area contributed by atoms with Crippen LogP contribution in [-0.4, -0.2) is 5.92 Å². The van der Waals surface area contributed by atoms with Gasteiger partial charge in [-0.05, 0) is 28.3 Å². The summed E-state index contributed by atoms with van der Waals surface area (Å²) in [5.74, 6) is -2.45. The minimum Gasteiger partial charge on any atom is -0.207 e. The van der Waals surface area contributed by atoms with Gasteiger partial charge >= 0.3 is 0 Å². The molecule has 2 rings (SSSR count). The molecule has 0 N–H and O–H groups in total. The van der Waals surface area contributed by atoms with Gasteiger partial charge in [0.25, 0.3) is 5.92 Å². The number of halogens is 2. The van der Waals surface area contributed by atoms with Crippen LogP contribution in [0.15, 0.2) is 10.8 Å². The fourth-order valence-electron chi connectivity index (χ4n) is 1.41. The van der Waals surface area contributed by atoms with Crippen molar-refractivity contribution in [2.24, 2.45) is 0 Å². The highest BCUT2D eigenvalue weighted by Gasteiger charge is 2.33. The minimum atomic E-state index is -2.45. The summed E-state index contributed by atoms with van der Waals surface area (Å²) in [4.78, 5) is 0. The molecule has 1 aliphatic carbocycles. The van der Waals surface area contributed by atoms with Crippen molar-refractivity contribution in [2.45, 2.75) is 39.0 Å². The molecular weight excluding hydrogens is 190 g/mol. The van der Waals surface area contributed by atoms with E-state index in [-0.39, 0.29) is 12.8 Å². The van der Waals surface area contributed by atoms with Crippen molar-refractivity contribution >= 4 is 11.3 Å². The van der Waals surface area contributed by atoms with E-state index in [1.165, 1.54) is 11.3 Å². The zero-order chi connectivity index (χ0) is 9.90. The fourth-order valence-corrected chi connectivity index (χ4v) is 2.31. The Morgan fingerprint density at radius 1 is 1.23 bits per heavy atom. The maximum absolute atomic E-state index is 12.8. The van der Waals surface area contributed by atoms with Gasteiger partial charge in [-0.25, -0.2) is 8.78 Å². The normalized spacial score (nSPS) is 18.5. The molecule has 3 heteroatoms. The van der Waals surface area contributed by atoms with Gasteiger partial charge in [-0.1, -0.05) is 13.8 Å². The highest BCUT2D eigenvalue weighted by Crippen LogP contribution is 2.34. The van der Waals surface area contributed by atoms with Crippen LogP contribution in [0, 0.1) is 0 Å². The molecular formula is C10H14F2S. The van der Waals surface area contributed by atoms with Crippen molar-refractivity contribution in [3.63, 3.8) is 0 Å². The Balaban J connectivity index is 0.000000396. The molecule has 0 nitrogen and oxygen atoms in total. The summed E-state index contributed by atoms with van der Waals surface area (Å²) in [6.07, 6.45) is 0.522. The van der Waals surface area contributed by atoms with Crippen LogP contribution in [0.5, 0.6) is 0 Å². The van der Waals surface area contributed by atoms with Crippen molar-refractivity contribution in [1.82, 2.24) is 0 Å². The Bertz CT molecular complexity index is 266. The van der Waals surface area contributed by atoms with E-state index in [2.05, 4.69) is 0 Å². The van der Waals surface area contributed by atoms with Crippen molar-refractivity contribution in [2.75, 3.05) is 0 Å². The molecule has 0 bridgehead atoms. The second-order valence-electron chi connectivity index (χ2n) is 2.95. The first-order chi connectivity index (χ1) is 6.17. The maximum atomic E-state index is 12.8. The summed E-state index contributed by atoms with van der Waals surface area (Å²) < 4.78 is 25.5. The lowest BCUT2D eigenvalue weighted by atomic mass is 9.93. The molecule has 0 fully saturated rings. The minimum absolute atomic E-state index is 0.0245. The summed E-state index contributed by atoms with van der Waals surface area (Å²) in [6, 6.07) is 0. The number of hydrogen-bond donors (Lipinski definition) is 0. The smallest absolute Gasteiger partial charge is 0.207 e. The Kier molecular flexibility index (Phi) is 3.42. The zero-order valence-electron chi connectivity index (χ0n) is 7.94. The number of hydrogen-bond acceptors (Lipinski definition) is 1. The second-order valence-corrected chi connectivity index (χ2v) is 3.70. The molecule has 0 amide bonds. The van der Waals surface area contributed by atoms with E-state index < -0.39 is 5.92 Å². The SMILES string of the molecule is CC.FC1(F)CCc2cscc2C1. The average molecular weight is 204 g/mol. The van der Waals surface area contributed by atoms with Crippen LogP contribution >= 0.6 is 11.3 Å². The highest BCUT2D eigenvalue weighted by molar-refractivity contribution is 7.08. The first-order valence-corrected chi connectivity index (χ1v) is 5.53. The number of thiophene rings is 1. The first-order valence-electron chi connectivity index (χ1n) is 4.59. The third-order valence-electron chi connectivity index (χ3n) is 2.04. The lowest BCUT2D eigenvalue weighted by molar-refractivity contribution is -0.0120. The summed E-state index contributed by atoms with van der Waals surface area (Å²) >= 11 is 1.52. The molecule has 0 atom stereocenters. The largest absolute Gasteiger partial charge is 0.252 e. The maximum Gasteiger partial charge on any atom is 0.252 e. The molecule has 0 saturated heterocycles. The number of fused-ring (bicyclic) bond motifs is 1. The van der Waals surface area contributed by atoms with Gasteiger partial charge in [0.05, 0.1) is 0 Å². The summed E-state index contributed by atoms with van der Waals surface area (Å²) in [5.41, 5.74) is 1.98. The van der Waals surface area contributed by atoms with Crippen LogP contribution in [0.1, 0.15) is 31.4 Å². The molecule has 74 valence electrons. The third kappa shape index (κ3) is 2.50. The van der Waals surface area contributed by atoms with E-state index in [4.69, 9.17) is 0 Å². The second kappa shape index (κ2) is 4.18. The van der Waals surface area contributed by atoms with Gasteiger partial charge in [0, 0.05) is 12.8 Å². The van der Waals surface area contributed by atoms with Gasteiger partial charge in [-0.3, -0.25) is 0 Å². The quantitative estimate of drug-likeness (QED) is 0.601. The number of aryl methyl sites for hydroxylation is 1. The Labute approximate surface area is 81.6 Å². The molecule has 1 aromatic heterocycles. The molecule has 0 aliphatic heterocycles. The number of alkyl halides is 2. The van der Waals surface area contributed by atoms with Crippen molar-refractivity contribution in [3.05, 3.63) is 21.9 Å². The Morgan fingerprint density at radius 3 is 2.54 bits per heavy atom. The molecule has 0 radical (unpaired) electrons. The fraction of sp³-hybridized carbons (Fsp3) is 0.600. The van der Waals surface area contributed by atoms with Crippen LogP contribution in [-0.2, 0) is 12.8 Å². The van der Waals surface area contributed by atoms with E-state index in [0.29, 0.717) is 6.42 Å². The van der Waals surface area contributed by atoms with Crippen molar-refractivity contribution in [3.8, 4) is 0 Å². The molecule has 0 saturated carbocycles. The van der Waals surface area contributed by atoms with Crippen molar-refractivity contribution < 1.29 is 8.78 Å². The predicted octanol–water partition coefficient (Wildman–Crippen LogP) is 3.90. The molecule has 13 heavy (non-hydrogen) atoms. The van der Waals surface area contributed by atoms with Gasteiger partial charge < -0.3 is 0 Å². The Morgan fingerprint density at radius 2 is 1.85 bits per heavy atom. The molecule has 1 heterocycles. The number of rotatable bonds is 0. The van der Waals surface area contributed by atoms with Crippen molar-refractivity contribution in [1.29, 1.82) is 0 Å². The van der Waals surface area contributed by atoms with Crippen LogP contribution in [0.3, 0.4) is 0 Å². The van der Waals surface area contributed by atoms with Gasteiger partial charge in [-0.15, -0.1) is 0 Å². The van der Waals surface area contributed by atoms with Crippen LogP contribution in [0.2, 0.25) is 0 Å². The Hall–Kier alpha value is -0.440. The molecule has 0 aromatic carbocycles. The summed E-state index contributed by atoms with van der Waals surface area (Å²) in [7, 11) is 0. The van der Waals surface area contributed by atoms with E-state index in [0.717, 1.165) is 11.1 Å². The van der Waals surface area contributed by atoms with Gasteiger partial charge in [-0.2, -0.15) is 11.3 Å².